The largest absolute Gasteiger partial charge is 0.467 e. The quantitative estimate of drug-likeness (QED) is 0.0901. The number of nitrogens with one attached hydrogen (secondary N) is 3. The highest BCUT2D eigenvalue weighted by atomic mass is 35.5. The van der Waals surface area contributed by atoms with Crippen LogP contribution in [0.1, 0.15) is 5.69 Å². The van der Waals surface area contributed by atoms with Gasteiger partial charge in [0.15, 0.2) is 16.9 Å². The Hall–Kier alpha value is -2.99. The molecule has 1 aliphatic rings. The van der Waals surface area contributed by atoms with Gasteiger partial charge >= 0.3 is 5.97 Å². The Bertz CT molecular complexity index is 826. The number of anilines is 1. The monoisotopic (exact) mass is 429 g/mol. The zero-order valence-corrected chi connectivity index (χ0v) is 16.1. The molecule has 0 aromatic carbocycles. The molecule has 0 radical (unpaired) electrons. The number of ether oxygens (including phenoxy) is 1. The minimum atomic E-state index is -1.13. The van der Waals surface area contributed by atoms with Crippen LogP contribution in [0.25, 0.3) is 0 Å². The number of carbonyl (C=O) groups is 4. The number of aromatic nitrogens is 1. The fourth-order valence-corrected chi connectivity index (χ4v) is 2.79. The van der Waals surface area contributed by atoms with Crippen molar-refractivity contribution in [2.75, 3.05) is 24.9 Å². The second kappa shape index (κ2) is 9.80. The van der Waals surface area contributed by atoms with Crippen molar-refractivity contribution in [1.82, 2.24) is 15.6 Å². The van der Waals surface area contributed by atoms with Crippen LogP contribution in [-0.2, 0) is 28.8 Å². The highest BCUT2D eigenvalue weighted by Crippen LogP contribution is 2.17. The summed E-state index contributed by atoms with van der Waals surface area (Å²) in [6, 6.07) is -2.13. The number of esters is 1. The Kier molecular flexibility index (Phi) is 7.46. The maximum atomic E-state index is 12.6. The molecule has 28 heavy (non-hydrogen) atoms. The first-order valence-electron chi connectivity index (χ1n) is 7.72. The SMILES string of the molecule is C=CCON=C(C(=O)N[C@H]1C(=O)N[C@H]1C(=O)OC)c1csc(NC(=O)CCl)n1. The summed E-state index contributed by atoms with van der Waals surface area (Å²) < 4.78 is 4.56. The number of oxime groups is 1. The van der Waals surface area contributed by atoms with E-state index < -0.39 is 35.8 Å². The number of amides is 3. The van der Waals surface area contributed by atoms with E-state index in [4.69, 9.17) is 16.4 Å². The van der Waals surface area contributed by atoms with Crippen LogP contribution in [0, 0.1) is 0 Å². The van der Waals surface area contributed by atoms with E-state index in [0.717, 1.165) is 18.4 Å². The number of nitrogens with zero attached hydrogens (tertiary/aromatic N) is 2. The number of carbonyl (C=O) groups excluding carboxylic acids is 4. The standard InChI is InChI=1S/C15H16ClN5O6S/c1-3-4-27-21-9(7-6-28-15(17-7)18-8(22)5-16)12(23)19-10-11(14(25)26-2)20-13(10)24/h3,6,10-11H,1,4-5H2,2H3,(H,19,23)(H,20,24)(H,17,18,22)/t10-,11-/m1/s1. The van der Waals surface area contributed by atoms with Gasteiger partial charge in [0.2, 0.25) is 11.8 Å². The molecule has 3 N–H and O–H groups in total. The highest BCUT2D eigenvalue weighted by Gasteiger charge is 2.46. The molecular formula is C15H16ClN5O6S. The van der Waals surface area contributed by atoms with E-state index >= 15 is 0 Å². The van der Waals surface area contributed by atoms with Crippen LogP contribution in [0.4, 0.5) is 5.13 Å². The van der Waals surface area contributed by atoms with Gasteiger partial charge < -0.3 is 25.5 Å². The smallest absolute Gasteiger partial charge is 0.331 e. The third-order valence-electron chi connectivity index (χ3n) is 3.33. The van der Waals surface area contributed by atoms with Gasteiger partial charge in [-0.2, -0.15) is 0 Å². The van der Waals surface area contributed by atoms with E-state index in [1.54, 1.807) is 0 Å². The van der Waals surface area contributed by atoms with Gasteiger partial charge in [0.05, 0.1) is 7.11 Å². The first-order valence-corrected chi connectivity index (χ1v) is 9.14. The molecule has 2 rings (SSSR count). The maximum absolute atomic E-state index is 12.6. The number of β-lactam (4-membered cyclic amide) rings is 1. The molecule has 150 valence electrons. The van der Waals surface area contributed by atoms with Gasteiger partial charge in [-0.15, -0.1) is 22.9 Å². The van der Waals surface area contributed by atoms with Crippen molar-refractivity contribution in [3.8, 4) is 0 Å². The van der Waals surface area contributed by atoms with Crippen molar-refractivity contribution in [2.45, 2.75) is 12.1 Å². The first-order chi connectivity index (χ1) is 13.4. The molecule has 1 saturated heterocycles. The van der Waals surface area contributed by atoms with E-state index in [1.807, 2.05) is 0 Å². The molecule has 0 bridgehead atoms. The van der Waals surface area contributed by atoms with Gasteiger partial charge in [-0.3, -0.25) is 14.4 Å². The third kappa shape index (κ3) is 5.04. The fourth-order valence-electron chi connectivity index (χ4n) is 2.01. The third-order valence-corrected chi connectivity index (χ3v) is 4.33. The number of methoxy groups -OCH3 is 1. The molecule has 0 unspecified atom stereocenters. The Morgan fingerprint density at radius 1 is 1.50 bits per heavy atom. The van der Waals surface area contributed by atoms with Crippen LogP contribution in [0.3, 0.4) is 0 Å². The van der Waals surface area contributed by atoms with Crippen molar-refractivity contribution < 1.29 is 28.8 Å². The molecule has 0 saturated carbocycles. The lowest BCUT2D eigenvalue weighted by Gasteiger charge is -2.34. The van der Waals surface area contributed by atoms with Gasteiger partial charge in [-0.1, -0.05) is 17.8 Å². The molecule has 1 fully saturated rings. The molecule has 2 heterocycles. The van der Waals surface area contributed by atoms with Gasteiger partial charge in [0.25, 0.3) is 5.91 Å². The van der Waals surface area contributed by atoms with E-state index in [-0.39, 0.29) is 29.0 Å². The van der Waals surface area contributed by atoms with Crippen molar-refractivity contribution in [3.05, 3.63) is 23.7 Å². The predicted molar refractivity (Wildman–Crippen MR) is 100 cm³/mol. The second-order valence-electron chi connectivity index (χ2n) is 5.20. The number of hydrogen-bond donors (Lipinski definition) is 3. The molecule has 0 spiro atoms. The van der Waals surface area contributed by atoms with Gasteiger partial charge in [-0.05, 0) is 0 Å². The Labute approximate surface area is 168 Å². The van der Waals surface area contributed by atoms with Gasteiger partial charge in [0, 0.05) is 5.38 Å². The maximum Gasteiger partial charge on any atom is 0.331 e. The minimum absolute atomic E-state index is 0.0193. The normalized spacial score (nSPS) is 18.4. The van der Waals surface area contributed by atoms with Crippen molar-refractivity contribution in [2.24, 2.45) is 5.16 Å². The van der Waals surface area contributed by atoms with Crippen LogP contribution >= 0.6 is 22.9 Å². The lowest BCUT2D eigenvalue weighted by atomic mass is 9.99. The lowest BCUT2D eigenvalue weighted by Crippen LogP contribution is -2.72. The molecule has 11 nitrogen and oxygen atoms in total. The van der Waals surface area contributed by atoms with Crippen LogP contribution in [0.15, 0.2) is 23.2 Å². The summed E-state index contributed by atoms with van der Waals surface area (Å²) >= 11 is 6.46. The summed E-state index contributed by atoms with van der Waals surface area (Å²) in [5.41, 5.74) is -0.168. The van der Waals surface area contributed by atoms with Crippen LogP contribution in [0.5, 0.6) is 0 Å². The first kappa shape index (κ1) is 21.3. The number of thiazole rings is 1. The van der Waals surface area contributed by atoms with Crippen molar-refractivity contribution in [3.63, 3.8) is 0 Å². The highest BCUT2D eigenvalue weighted by molar-refractivity contribution is 7.14. The van der Waals surface area contributed by atoms with E-state index in [0.29, 0.717) is 0 Å². The van der Waals surface area contributed by atoms with E-state index in [9.17, 15) is 19.2 Å². The zero-order chi connectivity index (χ0) is 20.7. The molecule has 2 atom stereocenters. The van der Waals surface area contributed by atoms with Crippen LogP contribution < -0.4 is 16.0 Å². The summed E-state index contributed by atoms with van der Waals surface area (Å²) in [4.78, 5) is 56.3. The summed E-state index contributed by atoms with van der Waals surface area (Å²) in [6.07, 6.45) is 1.42. The molecule has 3 amide bonds. The van der Waals surface area contributed by atoms with E-state index in [2.05, 4.69) is 37.4 Å². The van der Waals surface area contributed by atoms with Crippen molar-refractivity contribution in [1.29, 1.82) is 0 Å². The fraction of sp³-hybridized carbons (Fsp3) is 0.333. The van der Waals surface area contributed by atoms with Crippen molar-refractivity contribution >= 4 is 57.5 Å². The number of hydrogen-bond acceptors (Lipinski definition) is 9. The number of halogens is 1. The average Bonchev–Trinajstić information content (AvgIpc) is 3.14. The summed E-state index contributed by atoms with van der Waals surface area (Å²) in [5, 5.41) is 12.5. The Morgan fingerprint density at radius 3 is 2.86 bits per heavy atom. The van der Waals surface area contributed by atoms with Gasteiger partial charge in [-0.25, -0.2) is 9.78 Å². The average molecular weight is 430 g/mol. The molecule has 1 aromatic heterocycles. The number of rotatable bonds is 9. The summed E-state index contributed by atoms with van der Waals surface area (Å²) in [7, 11) is 1.16. The lowest BCUT2D eigenvalue weighted by molar-refractivity contribution is -0.153. The zero-order valence-electron chi connectivity index (χ0n) is 14.6. The summed E-state index contributed by atoms with van der Waals surface area (Å²) in [6.45, 7) is 3.49. The van der Waals surface area contributed by atoms with E-state index in [1.165, 1.54) is 11.5 Å². The Balaban J connectivity index is 2.18. The number of alkyl halides is 1. The molecule has 1 aliphatic heterocycles. The second-order valence-corrected chi connectivity index (χ2v) is 6.33. The Morgan fingerprint density at radius 2 is 2.25 bits per heavy atom. The topological polar surface area (TPSA) is 148 Å². The predicted octanol–water partition coefficient (Wildman–Crippen LogP) is -0.617. The molecule has 0 aliphatic carbocycles. The molecule has 13 heteroatoms. The molecule has 1 aromatic rings. The molecular weight excluding hydrogens is 414 g/mol. The minimum Gasteiger partial charge on any atom is -0.467 e. The van der Waals surface area contributed by atoms with Crippen LogP contribution in [0.2, 0.25) is 0 Å². The summed E-state index contributed by atoms with van der Waals surface area (Å²) in [5.74, 6) is -2.79. The van der Waals surface area contributed by atoms with Crippen LogP contribution in [-0.4, -0.2) is 66.1 Å². The van der Waals surface area contributed by atoms with Gasteiger partial charge in [0.1, 0.15) is 24.2 Å².